The minimum Gasteiger partial charge on any atom is -0.495 e. The Bertz CT molecular complexity index is 7700. The number of nitrogens with zero attached hydrogens (tertiary/aromatic N) is 6. The third-order valence-corrected chi connectivity index (χ3v) is 22.4. The van der Waals surface area contributed by atoms with Gasteiger partial charge in [0.25, 0.3) is 29.5 Å². The van der Waals surface area contributed by atoms with Crippen LogP contribution in [0.1, 0.15) is 144 Å². The lowest BCUT2D eigenvalue weighted by Crippen LogP contribution is -2.42. The number of carboxylic acids is 1. The van der Waals surface area contributed by atoms with Gasteiger partial charge in [-0.15, -0.1) is 0 Å². The van der Waals surface area contributed by atoms with Crippen LogP contribution in [0.5, 0.6) is 34.5 Å². The number of primary amides is 2. The molecule has 2 atom stereocenters. The van der Waals surface area contributed by atoms with Crippen LogP contribution in [-0.4, -0.2) is 174 Å². The van der Waals surface area contributed by atoms with Gasteiger partial charge in [0.15, 0.2) is 0 Å². The second kappa shape index (κ2) is 46.9. The number of aliphatic hydroxyl groups is 1. The molecule has 0 radical (unpaired) electrons. The number of aromatic nitrogens is 12. The average Bonchev–Trinajstić information content (AvgIpc) is 1.67. The van der Waals surface area contributed by atoms with Gasteiger partial charge in [-0.3, -0.25) is 59.4 Å². The topological polar surface area (TPSA) is 501 Å². The van der Waals surface area contributed by atoms with Crippen molar-refractivity contribution >= 4 is 155 Å². The molecule has 7 heterocycles. The normalized spacial score (nSPS) is 12.0. The third-order valence-electron chi connectivity index (χ3n) is 22.4. The van der Waals surface area contributed by atoms with Gasteiger partial charge >= 0.3 is 5.97 Å². The number of rotatable bonds is 28. The Morgan fingerprint density at radius 1 is 0.406 bits per heavy atom. The van der Waals surface area contributed by atoms with E-state index in [-0.39, 0.29) is 71.2 Å². The highest BCUT2D eigenvalue weighted by Crippen LogP contribution is 2.39. The number of aliphatic hydroxyl groups excluding tert-OH is 1. The second-order valence-electron chi connectivity index (χ2n) is 31.5. The Labute approximate surface area is 811 Å². The minimum absolute atomic E-state index is 0.140. The molecule has 18 aromatic rings. The van der Waals surface area contributed by atoms with Gasteiger partial charge in [-0.25, -0.2) is 22.4 Å². The van der Waals surface area contributed by atoms with E-state index in [9.17, 15) is 56.2 Å². The van der Waals surface area contributed by atoms with Gasteiger partial charge in [-0.05, 0) is 183 Å². The number of furan rings is 1. The molecule has 0 spiro atoms. The summed E-state index contributed by atoms with van der Waals surface area (Å²) < 4.78 is 93.0. The Hall–Kier alpha value is -18.8. The molecule has 7 aromatic heterocycles. The van der Waals surface area contributed by atoms with E-state index in [0.717, 1.165) is 29.3 Å². The van der Waals surface area contributed by atoms with E-state index < -0.39 is 41.7 Å². The van der Waals surface area contributed by atoms with Gasteiger partial charge in [0.1, 0.15) is 75.1 Å². The van der Waals surface area contributed by atoms with E-state index >= 15 is 0 Å². The predicted molar refractivity (Wildman–Crippen MR) is 533 cm³/mol. The predicted octanol–water partition coefficient (Wildman–Crippen LogP) is 16.9. The first kappa shape index (κ1) is 100. The molecule has 1 aliphatic carbocycles. The SMILES string of the molecule is COc1c(C(=O)NC2CC2)ccc2n[nH]c(/C=C/c3ccccc3F)c12.COc1c(C(=O)NCc2ccco2)ccc2n[nH]c(/C=C/c3ccccc3F)c12.COc1c(C(=O)N[C@@H](C)C(N)=O)ccc2n[nH]c(/C=C/c3ccccc3F)c12.COc1c(C(=O)N[C@H](CO)c2ccccc2)ccc2n[nH]c(/C=C/c3ccccc3F)c12.COc1c(C(=O)O)ccc2n[nH]cc12.COc1c(C(N)=O)ccc2n[nH]cc12. The zero-order valence-electron chi connectivity index (χ0n) is 77.6. The Morgan fingerprint density at radius 3 is 1.09 bits per heavy atom. The van der Waals surface area contributed by atoms with Gasteiger partial charge in [0, 0.05) is 40.7 Å². The summed E-state index contributed by atoms with van der Waals surface area (Å²) in [5, 5.41) is 75.6. The van der Waals surface area contributed by atoms with Gasteiger partial charge in [-0.2, -0.15) is 30.6 Å². The molecule has 1 aliphatic rings. The summed E-state index contributed by atoms with van der Waals surface area (Å²) in [5.74, 6) is -1.91. The van der Waals surface area contributed by atoms with E-state index in [0.29, 0.717) is 156 Å². The fraction of sp³-hybridized carbons (Fsp3) is 0.133. The first-order valence-electron chi connectivity index (χ1n) is 44.0. The molecule has 0 unspecified atom stereocenters. The van der Waals surface area contributed by atoms with Crippen LogP contribution < -0.4 is 61.2 Å². The van der Waals surface area contributed by atoms with Crippen LogP contribution in [0, 0.1) is 23.3 Å². The van der Waals surface area contributed by atoms with Crippen molar-refractivity contribution in [3.05, 3.63) is 344 Å². The summed E-state index contributed by atoms with van der Waals surface area (Å²) >= 11 is 0. The summed E-state index contributed by atoms with van der Waals surface area (Å²) in [6.07, 6.45) is 20.2. The zero-order valence-corrected chi connectivity index (χ0v) is 77.6. The van der Waals surface area contributed by atoms with Crippen molar-refractivity contribution in [1.82, 2.24) is 82.5 Å². The number of methoxy groups -OCH3 is 6. The van der Waals surface area contributed by atoms with E-state index in [1.54, 1.807) is 219 Å². The number of nitrogens with one attached hydrogen (secondary N) is 10. The van der Waals surface area contributed by atoms with Crippen LogP contribution in [0.4, 0.5) is 17.6 Å². The number of aromatic carboxylic acids is 1. The molecule has 19 rings (SSSR count). The van der Waals surface area contributed by atoms with E-state index in [1.165, 1.54) is 79.9 Å². The zero-order chi connectivity index (χ0) is 101. The van der Waals surface area contributed by atoms with Crippen molar-refractivity contribution in [2.45, 2.75) is 44.4 Å². The number of fused-ring (bicyclic) bond motifs is 6. The molecule has 0 aliphatic heterocycles. The number of hydrogen-bond acceptors (Lipinski definition) is 21. The molecule has 0 saturated heterocycles. The van der Waals surface area contributed by atoms with Crippen LogP contribution in [0.15, 0.2) is 235 Å². The maximum atomic E-state index is 14.0. The molecular weight excluding hydrogens is 1850 g/mol. The van der Waals surface area contributed by atoms with Crippen molar-refractivity contribution in [2.24, 2.45) is 11.5 Å². The van der Waals surface area contributed by atoms with Crippen molar-refractivity contribution in [3.63, 3.8) is 0 Å². The van der Waals surface area contributed by atoms with E-state index in [2.05, 4.69) is 82.5 Å². The van der Waals surface area contributed by atoms with Gasteiger partial charge in [0.05, 0.1) is 184 Å². The number of aromatic amines is 6. The highest BCUT2D eigenvalue weighted by molar-refractivity contribution is 6.10. The van der Waals surface area contributed by atoms with E-state index in [1.807, 2.05) is 30.3 Å². The van der Waals surface area contributed by atoms with E-state index in [4.69, 9.17) is 49.4 Å². The molecular formula is C105H94F4N18O16. The molecule has 1 fully saturated rings. The molecule has 728 valence electrons. The molecule has 1 saturated carbocycles. The molecule has 143 heavy (non-hydrogen) atoms. The number of carbonyl (C=O) groups is 7. The van der Waals surface area contributed by atoms with Gasteiger partial charge < -0.3 is 75.8 Å². The summed E-state index contributed by atoms with van der Waals surface area (Å²) in [6, 6.07) is 57.2. The number of hydrogen-bond donors (Lipinski definition) is 14. The Morgan fingerprint density at radius 2 is 0.748 bits per heavy atom. The van der Waals surface area contributed by atoms with Crippen LogP contribution >= 0.6 is 0 Å². The van der Waals surface area contributed by atoms with Crippen molar-refractivity contribution in [1.29, 1.82) is 0 Å². The quantitative estimate of drug-likeness (QED) is 0.0203. The molecule has 38 heteroatoms. The standard InChI is InChI=1S/C25H22FN3O3.C22H18FN3O3.C20H19FN4O3.C20H18FN3O2.C9H9N3O2.C9H8N2O3/c1-32-24-18(25(31)27-22(15-30)17-8-3-2-4-9-17)12-14-21-23(24)20(28-29-21)13-11-16-7-5-6-10-19(16)26;1-28-21-16(22(27)24-13-15-6-4-12-29-15)9-11-19-20(21)18(25-26-19)10-8-14-5-2-3-7-17(14)23;1-11(19(22)26)23-20(27)13-8-10-16-17(18(13)28-2)15(24-25-16)9-7-12-5-3-4-6-14(12)21;1-26-19-14(20(25)22-13-7-8-13)9-11-17-18(19)16(23-24-17)10-6-12-4-2-3-5-15(12)21;1-14-8-5(9(10)13)2-3-7-6(8)4-11-12-7;1-14-8-5(9(12)13)2-3-7-6(8)4-10-11-7/h2-14,22,30H,15H2,1H3,(H,27,31)(H,28,29);2-12H,13H2,1H3,(H,24,27)(H,25,26);3-11H,1-2H3,(H2,22,26)(H,23,27)(H,24,25);2-6,9-11,13H,7-8H2,1H3,(H,22,25)(H,23,24);2-4H,1H3,(H2,10,13)(H,11,12);2-4H,1H3,(H,10,11)(H,12,13)/b13-11+;10-8+;9-7+;10-6+;;/t22-;;11-;;;/m1.0.../s1. The van der Waals surface area contributed by atoms with Crippen LogP contribution in [-0.2, 0) is 11.3 Å². The van der Waals surface area contributed by atoms with Crippen molar-refractivity contribution in [3.8, 4) is 34.5 Å². The van der Waals surface area contributed by atoms with Crippen molar-refractivity contribution in [2.75, 3.05) is 49.3 Å². The third kappa shape index (κ3) is 23.7. The largest absolute Gasteiger partial charge is 0.495 e. The lowest BCUT2D eigenvalue weighted by atomic mass is 10.0. The Balaban J connectivity index is 0.000000139. The molecule has 11 aromatic carbocycles. The van der Waals surface area contributed by atoms with Crippen LogP contribution in [0.3, 0.4) is 0 Å². The molecule has 6 amide bonds. The maximum Gasteiger partial charge on any atom is 0.339 e. The molecule has 34 nitrogen and oxygen atoms in total. The number of carboxylic acid groups (broad SMARTS) is 1. The molecule has 0 bridgehead atoms. The average molecular weight is 1940 g/mol. The lowest BCUT2D eigenvalue weighted by Gasteiger charge is -2.18. The first-order valence-corrected chi connectivity index (χ1v) is 44.0. The lowest BCUT2D eigenvalue weighted by molar-refractivity contribution is -0.119. The second-order valence-corrected chi connectivity index (χ2v) is 31.5. The number of benzene rings is 11. The maximum absolute atomic E-state index is 14.0. The number of ether oxygens (including phenoxy) is 6. The fourth-order valence-corrected chi connectivity index (χ4v) is 15.0. The number of amides is 6. The van der Waals surface area contributed by atoms with Crippen LogP contribution in [0.2, 0.25) is 0 Å². The van der Waals surface area contributed by atoms with Crippen molar-refractivity contribution < 1.29 is 94.2 Å². The highest BCUT2D eigenvalue weighted by Gasteiger charge is 2.29. The number of halogens is 4. The number of nitrogens with two attached hydrogens (primary N) is 2. The fourth-order valence-electron chi connectivity index (χ4n) is 15.0. The summed E-state index contributed by atoms with van der Waals surface area (Å²) in [6.45, 7) is 1.51. The summed E-state index contributed by atoms with van der Waals surface area (Å²) in [5.41, 5.74) is 21.1. The summed E-state index contributed by atoms with van der Waals surface area (Å²) in [4.78, 5) is 83.9. The Kier molecular flexibility index (Phi) is 32.8. The van der Waals surface area contributed by atoms with Gasteiger partial charge in [0.2, 0.25) is 5.91 Å². The number of carbonyl (C=O) groups excluding carboxylic acids is 6. The number of H-pyrrole nitrogens is 6. The smallest absolute Gasteiger partial charge is 0.339 e. The summed E-state index contributed by atoms with van der Waals surface area (Å²) in [7, 11) is 8.86. The monoisotopic (exact) mass is 1940 g/mol. The highest BCUT2D eigenvalue weighted by atomic mass is 19.1. The van der Waals surface area contributed by atoms with Gasteiger partial charge in [-0.1, -0.05) is 103 Å². The first-order chi connectivity index (χ1) is 69.3. The van der Waals surface area contributed by atoms with Crippen LogP contribution in [0.25, 0.3) is 114 Å². The molecule has 16 N–H and O–H groups in total. The minimum atomic E-state index is -1.01.